The second-order valence-electron chi connectivity index (χ2n) is 3.75. The molecule has 0 aromatic heterocycles. The number of ketones is 1. The van der Waals surface area contributed by atoms with Gasteiger partial charge in [0.05, 0.1) is 24.5 Å². The van der Waals surface area contributed by atoms with Crippen LogP contribution in [-0.4, -0.2) is 37.3 Å². The number of halogens is 2. The van der Waals surface area contributed by atoms with Gasteiger partial charge in [0.15, 0.2) is 0 Å². The zero-order valence-electron chi connectivity index (χ0n) is 9.49. The van der Waals surface area contributed by atoms with Gasteiger partial charge in [-0.25, -0.2) is 0 Å². The average Bonchev–Trinajstić information content (AvgIpc) is 2.59. The molecule has 0 aliphatic carbocycles. The van der Waals surface area contributed by atoms with Crippen molar-refractivity contribution in [3.63, 3.8) is 0 Å². The van der Waals surface area contributed by atoms with Crippen LogP contribution in [0, 0.1) is 0 Å². The molecule has 18 heavy (non-hydrogen) atoms. The van der Waals surface area contributed by atoms with E-state index in [2.05, 4.69) is 0 Å². The molecule has 0 saturated heterocycles. The monoisotopic (exact) mass is 287 g/mol. The second kappa shape index (κ2) is 5.69. The van der Waals surface area contributed by atoms with Crippen molar-refractivity contribution < 1.29 is 14.3 Å². The highest BCUT2D eigenvalue weighted by Gasteiger charge is 2.35. The fourth-order valence-electron chi connectivity index (χ4n) is 1.80. The van der Waals surface area contributed by atoms with E-state index in [0.29, 0.717) is 41.9 Å². The number of nitrogens with zero attached hydrogens (tertiary/aromatic N) is 1. The van der Waals surface area contributed by atoms with Gasteiger partial charge in [-0.3, -0.25) is 9.59 Å². The molecule has 0 atom stereocenters. The van der Waals surface area contributed by atoms with E-state index < -0.39 is 11.7 Å². The van der Waals surface area contributed by atoms with E-state index in [-0.39, 0.29) is 0 Å². The first-order valence-corrected chi connectivity index (χ1v) is 6.36. The van der Waals surface area contributed by atoms with Crippen LogP contribution in [0.4, 0.5) is 5.69 Å². The number of hydrogen-bond acceptors (Lipinski definition) is 3. The standard InChI is InChI=1S/C12H11Cl2NO3/c13-3-5-18-6-4-15-10-7-8(14)1-2-9(10)11(16)12(15)17/h1-2,7H,3-6H2. The number of ether oxygens (including phenoxy) is 1. The molecule has 4 nitrogen and oxygen atoms in total. The van der Waals surface area contributed by atoms with Gasteiger partial charge in [-0.1, -0.05) is 11.6 Å². The van der Waals surface area contributed by atoms with Crippen LogP contribution < -0.4 is 4.90 Å². The Labute approximate surface area is 114 Å². The molecule has 0 N–H and O–H groups in total. The van der Waals surface area contributed by atoms with Crippen LogP contribution in [0.15, 0.2) is 18.2 Å². The van der Waals surface area contributed by atoms with Gasteiger partial charge < -0.3 is 9.64 Å². The smallest absolute Gasteiger partial charge is 0.299 e. The quantitative estimate of drug-likeness (QED) is 0.473. The van der Waals surface area contributed by atoms with Crippen molar-refractivity contribution in [1.82, 2.24) is 0 Å². The second-order valence-corrected chi connectivity index (χ2v) is 4.56. The van der Waals surface area contributed by atoms with Crippen molar-refractivity contribution in [2.45, 2.75) is 0 Å². The van der Waals surface area contributed by atoms with Crippen molar-refractivity contribution >= 4 is 40.6 Å². The summed E-state index contributed by atoms with van der Waals surface area (Å²) in [4.78, 5) is 24.9. The first-order valence-electron chi connectivity index (χ1n) is 5.44. The number of hydrogen-bond donors (Lipinski definition) is 0. The molecule has 0 fully saturated rings. The van der Waals surface area contributed by atoms with Crippen molar-refractivity contribution in [1.29, 1.82) is 0 Å². The maximum absolute atomic E-state index is 11.8. The Kier molecular flexibility index (Phi) is 4.22. The summed E-state index contributed by atoms with van der Waals surface area (Å²) in [6, 6.07) is 4.78. The number of amides is 1. The molecule has 0 spiro atoms. The Hall–Kier alpha value is -1.10. The van der Waals surface area contributed by atoms with Gasteiger partial charge >= 0.3 is 0 Å². The molecule has 0 radical (unpaired) electrons. The molecule has 1 amide bonds. The molecule has 6 heteroatoms. The Morgan fingerprint density at radius 3 is 2.72 bits per heavy atom. The van der Waals surface area contributed by atoms with Gasteiger partial charge in [-0.15, -0.1) is 11.6 Å². The normalized spacial score (nSPS) is 14.2. The lowest BCUT2D eigenvalue weighted by atomic mass is 10.1. The Balaban J connectivity index is 2.14. The summed E-state index contributed by atoms with van der Waals surface area (Å²) < 4.78 is 5.20. The SMILES string of the molecule is O=C1C(=O)N(CCOCCCl)c2cc(Cl)ccc21. The Morgan fingerprint density at radius 1 is 1.22 bits per heavy atom. The van der Waals surface area contributed by atoms with Gasteiger partial charge in [0.2, 0.25) is 0 Å². The molecule has 1 heterocycles. The lowest BCUT2D eigenvalue weighted by molar-refractivity contribution is -0.114. The molecule has 1 aromatic rings. The number of anilines is 1. The number of alkyl halides is 1. The largest absolute Gasteiger partial charge is 0.378 e. The van der Waals surface area contributed by atoms with Crippen molar-refractivity contribution in [2.75, 3.05) is 30.5 Å². The van der Waals surface area contributed by atoms with Gasteiger partial charge in [0, 0.05) is 17.4 Å². The zero-order chi connectivity index (χ0) is 13.1. The van der Waals surface area contributed by atoms with Gasteiger partial charge in [-0.2, -0.15) is 0 Å². The zero-order valence-corrected chi connectivity index (χ0v) is 11.0. The number of carbonyl (C=O) groups excluding carboxylic acids is 2. The summed E-state index contributed by atoms with van der Waals surface area (Å²) in [5, 5.41) is 0.489. The van der Waals surface area contributed by atoms with Gasteiger partial charge in [0.1, 0.15) is 0 Å². The van der Waals surface area contributed by atoms with Crippen LogP contribution in [0.3, 0.4) is 0 Å². The topological polar surface area (TPSA) is 46.6 Å². The number of benzene rings is 1. The van der Waals surface area contributed by atoms with Crippen LogP contribution in [0.1, 0.15) is 10.4 Å². The molecule has 0 unspecified atom stereocenters. The third kappa shape index (κ3) is 2.51. The molecular weight excluding hydrogens is 277 g/mol. The fourth-order valence-corrected chi connectivity index (χ4v) is 2.08. The van der Waals surface area contributed by atoms with E-state index >= 15 is 0 Å². The van der Waals surface area contributed by atoms with Gasteiger partial charge in [-0.05, 0) is 18.2 Å². The maximum Gasteiger partial charge on any atom is 0.299 e. The summed E-state index contributed by atoms with van der Waals surface area (Å²) in [6.07, 6.45) is 0. The minimum Gasteiger partial charge on any atom is -0.378 e. The molecule has 96 valence electrons. The molecule has 1 aliphatic heterocycles. The highest BCUT2D eigenvalue weighted by Crippen LogP contribution is 2.31. The minimum absolute atomic E-state index is 0.314. The lowest BCUT2D eigenvalue weighted by Gasteiger charge is -2.16. The van der Waals surface area contributed by atoms with E-state index in [1.165, 1.54) is 4.90 Å². The van der Waals surface area contributed by atoms with Crippen LogP contribution in [0.25, 0.3) is 0 Å². The summed E-state index contributed by atoms with van der Waals surface area (Å²) in [5.41, 5.74) is 0.939. The highest BCUT2D eigenvalue weighted by molar-refractivity contribution is 6.52. The lowest BCUT2D eigenvalue weighted by Crippen LogP contribution is -2.33. The Morgan fingerprint density at radius 2 is 2.00 bits per heavy atom. The summed E-state index contributed by atoms with van der Waals surface area (Å²) in [6.45, 7) is 1.06. The van der Waals surface area contributed by atoms with E-state index in [9.17, 15) is 9.59 Å². The summed E-state index contributed by atoms with van der Waals surface area (Å²) >= 11 is 11.3. The third-order valence-corrected chi connectivity index (χ3v) is 3.00. The number of Topliss-reactive ketones (excluding diaryl/α,β-unsaturated/α-hetero) is 1. The summed E-state index contributed by atoms with van der Waals surface area (Å²) in [5.74, 6) is -0.643. The number of carbonyl (C=O) groups is 2. The molecule has 0 saturated carbocycles. The van der Waals surface area contributed by atoms with E-state index in [4.69, 9.17) is 27.9 Å². The maximum atomic E-state index is 11.8. The molecule has 2 rings (SSSR count). The van der Waals surface area contributed by atoms with E-state index in [1.54, 1.807) is 18.2 Å². The van der Waals surface area contributed by atoms with Crippen LogP contribution >= 0.6 is 23.2 Å². The van der Waals surface area contributed by atoms with Gasteiger partial charge in [0.25, 0.3) is 11.7 Å². The van der Waals surface area contributed by atoms with Crippen molar-refractivity contribution in [2.24, 2.45) is 0 Å². The van der Waals surface area contributed by atoms with E-state index in [0.717, 1.165) is 0 Å². The Bertz CT molecular complexity index is 490. The van der Waals surface area contributed by atoms with Crippen LogP contribution in [0.5, 0.6) is 0 Å². The minimum atomic E-state index is -0.540. The number of rotatable bonds is 5. The van der Waals surface area contributed by atoms with Crippen LogP contribution in [0.2, 0.25) is 5.02 Å². The predicted molar refractivity (Wildman–Crippen MR) is 69.7 cm³/mol. The summed E-state index contributed by atoms with van der Waals surface area (Å²) in [7, 11) is 0. The first kappa shape index (κ1) is 13.3. The third-order valence-electron chi connectivity index (χ3n) is 2.62. The first-order chi connectivity index (χ1) is 8.65. The van der Waals surface area contributed by atoms with E-state index in [1.807, 2.05) is 0 Å². The average molecular weight is 288 g/mol. The molecule has 0 bridgehead atoms. The highest BCUT2D eigenvalue weighted by atomic mass is 35.5. The predicted octanol–water partition coefficient (Wildman–Crippen LogP) is 2.12. The molecule has 1 aromatic carbocycles. The fraction of sp³-hybridized carbons (Fsp3) is 0.333. The van der Waals surface area contributed by atoms with Crippen molar-refractivity contribution in [3.8, 4) is 0 Å². The number of fused-ring (bicyclic) bond motifs is 1. The van der Waals surface area contributed by atoms with Crippen molar-refractivity contribution in [3.05, 3.63) is 28.8 Å². The molecular formula is C12H11Cl2NO3. The molecule has 1 aliphatic rings. The van der Waals surface area contributed by atoms with Crippen LogP contribution in [-0.2, 0) is 9.53 Å².